The number of carbonyl (C=O) groups is 3. The van der Waals surface area contributed by atoms with E-state index in [0.717, 1.165) is 11.1 Å². The van der Waals surface area contributed by atoms with Crippen LogP contribution < -0.4 is 0 Å². The summed E-state index contributed by atoms with van der Waals surface area (Å²) in [6.07, 6.45) is 3.72. The van der Waals surface area contributed by atoms with E-state index in [2.05, 4.69) is 23.5 Å². The van der Waals surface area contributed by atoms with Crippen LogP contribution in [0, 0.1) is 11.8 Å². The third kappa shape index (κ3) is 5.52. The third-order valence-corrected chi connectivity index (χ3v) is 10.2. The van der Waals surface area contributed by atoms with Crippen molar-refractivity contribution in [3.63, 3.8) is 0 Å². The third-order valence-electron chi connectivity index (χ3n) is 10.2. The summed E-state index contributed by atoms with van der Waals surface area (Å²) in [7, 11) is 0. The molecule has 11 heteroatoms. The summed E-state index contributed by atoms with van der Waals surface area (Å²) in [6, 6.07) is 24.4. The Morgan fingerprint density at radius 1 is 0.959 bits per heavy atom. The number of aromatic nitrogens is 3. The van der Waals surface area contributed by atoms with Crippen molar-refractivity contribution in [1.29, 1.82) is 0 Å². The molecular formula is C38H40N6O5. The van der Waals surface area contributed by atoms with Crippen LogP contribution in [0.3, 0.4) is 0 Å². The molecule has 3 amide bonds. The van der Waals surface area contributed by atoms with Crippen LogP contribution in [0.5, 0.6) is 0 Å². The molecule has 4 heterocycles. The SMILES string of the molecule is C=CCN(Cn1nnc2ccccc21)C(=O)C1N([C@H](CO)c2ccccc2)C(=O)[C@@H]2[C@@H](C(=O)N(CC=C)Cc3ccccc3)[C@H]3CCC12O3. The molecule has 3 aliphatic rings. The molecule has 11 nitrogen and oxygen atoms in total. The first-order valence-corrected chi connectivity index (χ1v) is 16.7. The van der Waals surface area contributed by atoms with E-state index in [0.29, 0.717) is 37.0 Å². The second-order valence-corrected chi connectivity index (χ2v) is 13.0. The van der Waals surface area contributed by atoms with Crippen molar-refractivity contribution in [1.82, 2.24) is 29.7 Å². The summed E-state index contributed by atoms with van der Waals surface area (Å²) < 4.78 is 8.41. The molecular weight excluding hydrogens is 620 g/mol. The fourth-order valence-electron chi connectivity index (χ4n) is 8.15. The quantitative estimate of drug-likeness (QED) is 0.217. The first-order valence-electron chi connectivity index (χ1n) is 16.7. The molecule has 1 N–H and O–H groups in total. The molecule has 4 aromatic rings. The second-order valence-electron chi connectivity index (χ2n) is 13.0. The van der Waals surface area contributed by atoms with Crippen molar-refractivity contribution in [3.05, 3.63) is 121 Å². The van der Waals surface area contributed by atoms with E-state index in [4.69, 9.17) is 4.74 Å². The first kappa shape index (κ1) is 32.4. The van der Waals surface area contributed by atoms with Gasteiger partial charge in [-0.05, 0) is 36.1 Å². The highest BCUT2D eigenvalue weighted by molar-refractivity contribution is 5.99. The van der Waals surface area contributed by atoms with Crippen molar-refractivity contribution in [2.24, 2.45) is 11.8 Å². The summed E-state index contributed by atoms with van der Waals surface area (Å²) in [5, 5.41) is 19.4. The molecule has 3 aromatic carbocycles. The summed E-state index contributed by atoms with van der Waals surface area (Å²) in [5.74, 6) is -2.66. The Morgan fingerprint density at radius 3 is 2.35 bits per heavy atom. The Kier molecular flexibility index (Phi) is 8.87. The number of amides is 3. The van der Waals surface area contributed by atoms with Gasteiger partial charge in [0.1, 0.15) is 23.8 Å². The molecule has 3 fully saturated rings. The van der Waals surface area contributed by atoms with Gasteiger partial charge >= 0.3 is 0 Å². The maximum Gasteiger partial charge on any atom is 0.250 e. The minimum Gasteiger partial charge on any atom is -0.394 e. The Balaban J connectivity index is 1.29. The van der Waals surface area contributed by atoms with Crippen LogP contribution in [0.25, 0.3) is 11.0 Å². The number of aliphatic hydroxyl groups excluding tert-OH is 1. The van der Waals surface area contributed by atoms with Crippen LogP contribution in [0.4, 0.5) is 0 Å². The molecule has 0 aliphatic carbocycles. The lowest BCUT2D eigenvalue weighted by atomic mass is 9.70. The molecule has 1 aromatic heterocycles. The Morgan fingerprint density at radius 2 is 1.63 bits per heavy atom. The van der Waals surface area contributed by atoms with Gasteiger partial charge < -0.3 is 24.5 Å². The topological polar surface area (TPSA) is 121 Å². The molecule has 6 atom stereocenters. The Hall–Kier alpha value is -5.13. The molecule has 252 valence electrons. The van der Waals surface area contributed by atoms with Crippen molar-refractivity contribution >= 4 is 28.8 Å². The Bertz CT molecular complexity index is 1860. The fraction of sp³-hybridized carbons (Fsp3) is 0.342. The van der Waals surface area contributed by atoms with Gasteiger partial charge in [-0.3, -0.25) is 14.4 Å². The summed E-state index contributed by atoms with van der Waals surface area (Å²) in [4.78, 5) is 49.3. The number of carbonyl (C=O) groups excluding carboxylic acids is 3. The first-order chi connectivity index (χ1) is 23.9. The van der Waals surface area contributed by atoms with E-state index in [1.54, 1.807) is 26.6 Å². The van der Waals surface area contributed by atoms with Gasteiger partial charge in [0, 0.05) is 19.6 Å². The summed E-state index contributed by atoms with van der Waals surface area (Å²) in [5.41, 5.74) is 1.81. The predicted molar refractivity (Wildman–Crippen MR) is 182 cm³/mol. The molecule has 7 rings (SSSR count). The predicted octanol–water partition coefficient (Wildman–Crippen LogP) is 3.73. The number of hydrogen-bond acceptors (Lipinski definition) is 7. The van der Waals surface area contributed by atoms with E-state index >= 15 is 4.79 Å². The molecule has 3 saturated heterocycles. The van der Waals surface area contributed by atoms with Crippen molar-refractivity contribution in [2.45, 2.75) is 49.8 Å². The molecule has 0 saturated carbocycles. The highest BCUT2D eigenvalue weighted by Gasteiger charge is 2.75. The fourth-order valence-corrected chi connectivity index (χ4v) is 8.15. The van der Waals surface area contributed by atoms with Gasteiger partial charge in [-0.15, -0.1) is 18.3 Å². The number of para-hydroxylation sites is 1. The average Bonchev–Trinajstić information content (AvgIpc) is 3.88. The van der Waals surface area contributed by atoms with E-state index in [-0.39, 0.29) is 30.9 Å². The van der Waals surface area contributed by atoms with Gasteiger partial charge in [0.15, 0.2) is 0 Å². The van der Waals surface area contributed by atoms with E-state index in [1.165, 1.54) is 4.90 Å². The van der Waals surface area contributed by atoms with Crippen LogP contribution in [0.1, 0.15) is 30.0 Å². The van der Waals surface area contributed by atoms with Crippen LogP contribution in [0.2, 0.25) is 0 Å². The highest BCUT2D eigenvalue weighted by Crippen LogP contribution is 2.60. The number of benzene rings is 3. The van der Waals surface area contributed by atoms with Crippen molar-refractivity contribution in [2.75, 3.05) is 19.7 Å². The zero-order chi connectivity index (χ0) is 34.1. The van der Waals surface area contributed by atoms with Crippen molar-refractivity contribution in [3.8, 4) is 0 Å². The largest absolute Gasteiger partial charge is 0.394 e. The van der Waals surface area contributed by atoms with Gasteiger partial charge in [0.2, 0.25) is 17.7 Å². The zero-order valence-corrected chi connectivity index (χ0v) is 27.3. The van der Waals surface area contributed by atoms with Gasteiger partial charge in [-0.25, -0.2) is 4.68 Å². The van der Waals surface area contributed by atoms with Crippen LogP contribution in [0.15, 0.2) is 110 Å². The molecule has 1 spiro atoms. The van der Waals surface area contributed by atoms with Gasteiger partial charge in [0.05, 0.1) is 36.1 Å². The number of ether oxygens (including phenoxy) is 1. The maximum atomic E-state index is 15.0. The van der Waals surface area contributed by atoms with E-state index in [9.17, 15) is 14.7 Å². The summed E-state index contributed by atoms with van der Waals surface area (Å²) in [6.45, 7) is 8.22. The highest BCUT2D eigenvalue weighted by atomic mass is 16.5. The smallest absolute Gasteiger partial charge is 0.250 e. The van der Waals surface area contributed by atoms with Crippen LogP contribution in [-0.4, -0.2) is 90.0 Å². The summed E-state index contributed by atoms with van der Waals surface area (Å²) >= 11 is 0. The minimum atomic E-state index is -1.27. The average molecular weight is 661 g/mol. The number of fused-ring (bicyclic) bond motifs is 2. The van der Waals surface area contributed by atoms with Gasteiger partial charge in [0.25, 0.3) is 0 Å². The van der Waals surface area contributed by atoms with Crippen LogP contribution >= 0.6 is 0 Å². The van der Waals surface area contributed by atoms with E-state index < -0.39 is 42.2 Å². The number of aliphatic hydroxyl groups is 1. The second kappa shape index (κ2) is 13.4. The monoisotopic (exact) mass is 660 g/mol. The lowest BCUT2D eigenvalue weighted by Crippen LogP contribution is -2.57. The van der Waals surface area contributed by atoms with E-state index in [1.807, 2.05) is 84.9 Å². The zero-order valence-electron chi connectivity index (χ0n) is 27.3. The normalized spacial score (nSPS) is 24.5. The molecule has 0 radical (unpaired) electrons. The van der Waals surface area contributed by atoms with Gasteiger partial charge in [-0.2, -0.15) is 0 Å². The number of nitrogens with zero attached hydrogens (tertiary/aromatic N) is 6. The Labute approximate surface area is 285 Å². The standard InChI is InChI=1S/C38H40N6O5/c1-3-21-41(23-26-13-7-5-8-14-26)35(46)32-31-19-20-38(49-31)33(32)36(47)44(30(24-45)27-15-9-6-10-16-27)34(38)37(48)42(22-4-2)25-43-29-18-12-11-17-28(29)39-40-43/h3-18,30-34,45H,1-2,19-25H2/t30-,31-,32+,33+,34?,38?/m1/s1. The van der Waals surface area contributed by atoms with Gasteiger partial charge in [-0.1, -0.05) is 90.2 Å². The maximum absolute atomic E-state index is 15.0. The van der Waals surface area contributed by atoms with Crippen LogP contribution in [-0.2, 0) is 32.3 Å². The number of likely N-dealkylation sites (tertiary alicyclic amines) is 1. The number of rotatable bonds is 13. The lowest BCUT2D eigenvalue weighted by molar-refractivity contribution is -0.153. The minimum absolute atomic E-state index is 0.0513. The molecule has 2 unspecified atom stereocenters. The number of hydrogen-bond donors (Lipinski definition) is 1. The molecule has 49 heavy (non-hydrogen) atoms. The lowest BCUT2D eigenvalue weighted by Gasteiger charge is -2.39. The van der Waals surface area contributed by atoms with Crippen molar-refractivity contribution < 1.29 is 24.2 Å². The molecule has 3 aliphatic heterocycles. The molecule has 2 bridgehead atoms.